The zero-order chi connectivity index (χ0) is 34.5. The Kier molecular flexibility index (Phi) is 10.9. The van der Waals surface area contributed by atoms with Gasteiger partial charge >= 0.3 is 0 Å². The van der Waals surface area contributed by atoms with Gasteiger partial charge in [0.15, 0.2) is 0 Å². The summed E-state index contributed by atoms with van der Waals surface area (Å²) in [6, 6.07) is 19.7. The monoisotopic (exact) mass is 685 g/mol. The van der Waals surface area contributed by atoms with Gasteiger partial charge in [0.2, 0.25) is 5.91 Å². The molecule has 10 heteroatoms. The maximum Gasteiger partial charge on any atom is 0.293 e. The Hall–Kier alpha value is -4.34. The number of amides is 2. The van der Waals surface area contributed by atoms with E-state index in [2.05, 4.69) is 5.32 Å². The number of hydrogen-bond donors (Lipinski definition) is 1. The topological polar surface area (TPSA) is 97.4 Å². The second kappa shape index (κ2) is 15.5. The summed E-state index contributed by atoms with van der Waals surface area (Å²) in [5.74, 6) is 1.37. The molecule has 2 aliphatic heterocycles. The number of benzene rings is 3. The number of rotatable bonds is 14. The molecule has 3 aromatic carbocycles. The van der Waals surface area contributed by atoms with Crippen LogP contribution in [0.25, 0.3) is 5.57 Å². The molecule has 1 aliphatic carbocycles. The third-order valence-electron chi connectivity index (χ3n) is 9.71. The minimum Gasteiger partial charge on any atom is -0.490 e. The van der Waals surface area contributed by atoms with Crippen LogP contribution >= 0.6 is 11.6 Å². The highest BCUT2D eigenvalue weighted by molar-refractivity contribution is 6.32. The molecule has 0 radical (unpaired) electrons. The standard InChI is InChI=1S/C39H44ClN3O6/c1-25-18-35(40)37(19-26(25)2)49-17-16-48-33-12-8-29(9-13-33)34-20-31-22-42(27(3)45)23-36(41-31)38(34)39(46)43(32-10-11-32)21-30-7-5-4-6-28(30)14-15-47-24-44/h4-9,12-13,18-19,24,31-32,36,41H,10-11,14-17,20-23H2,1-3H3. The van der Waals surface area contributed by atoms with E-state index in [4.69, 9.17) is 25.8 Å². The van der Waals surface area contributed by atoms with Crippen molar-refractivity contribution in [2.45, 2.75) is 71.1 Å². The number of piperazine rings is 1. The van der Waals surface area contributed by atoms with Crippen LogP contribution in [0.1, 0.15) is 54.0 Å². The highest BCUT2D eigenvalue weighted by Gasteiger charge is 2.43. The number of ether oxygens (including phenoxy) is 3. The molecule has 2 bridgehead atoms. The SMILES string of the molecule is CC(=O)N1CC2CC(c3ccc(OCCOc4cc(C)c(C)cc4Cl)cc3)=C(C(=O)N(Cc3ccccc3CCOC=O)C3CC3)C(C1)N2. The fraction of sp³-hybridized carbons (Fsp3) is 0.410. The fourth-order valence-electron chi connectivity index (χ4n) is 6.82. The molecule has 3 aromatic rings. The lowest BCUT2D eigenvalue weighted by atomic mass is 9.82. The number of fused-ring (bicyclic) bond motifs is 2. The lowest BCUT2D eigenvalue weighted by Crippen LogP contribution is -2.61. The van der Waals surface area contributed by atoms with Gasteiger partial charge in [0.05, 0.1) is 17.7 Å². The smallest absolute Gasteiger partial charge is 0.293 e. The third-order valence-corrected chi connectivity index (χ3v) is 10.0. The third kappa shape index (κ3) is 8.28. The summed E-state index contributed by atoms with van der Waals surface area (Å²) in [5.41, 5.74) is 7.04. The van der Waals surface area contributed by atoms with E-state index in [0.29, 0.717) is 68.7 Å². The summed E-state index contributed by atoms with van der Waals surface area (Å²) in [6.45, 7) is 8.59. The average molecular weight is 686 g/mol. The second-order valence-electron chi connectivity index (χ2n) is 13.2. The Morgan fingerprint density at radius 2 is 1.67 bits per heavy atom. The quantitative estimate of drug-likeness (QED) is 0.173. The first kappa shape index (κ1) is 34.5. The molecule has 2 fully saturated rings. The highest BCUT2D eigenvalue weighted by atomic mass is 35.5. The van der Waals surface area contributed by atoms with Gasteiger partial charge < -0.3 is 29.3 Å². The van der Waals surface area contributed by atoms with Crippen LogP contribution in [0.15, 0.2) is 66.2 Å². The first-order chi connectivity index (χ1) is 23.7. The molecule has 2 atom stereocenters. The maximum atomic E-state index is 14.7. The normalized spacial score (nSPS) is 18.6. The number of nitrogens with one attached hydrogen (secondary N) is 1. The minimum atomic E-state index is -0.276. The van der Waals surface area contributed by atoms with Crippen molar-refractivity contribution in [3.63, 3.8) is 0 Å². The highest BCUT2D eigenvalue weighted by Crippen LogP contribution is 2.38. The number of carbonyl (C=O) groups is 3. The fourth-order valence-corrected chi connectivity index (χ4v) is 7.09. The van der Waals surface area contributed by atoms with Crippen LogP contribution in [0.5, 0.6) is 11.5 Å². The van der Waals surface area contributed by atoms with Gasteiger partial charge in [-0.25, -0.2) is 0 Å². The van der Waals surface area contributed by atoms with Gasteiger partial charge in [0.25, 0.3) is 12.4 Å². The molecular formula is C39H44ClN3O6. The van der Waals surface area contributed by atoms with Crippen molar-refractivity contribution in [1.29, 1.82) is 0 Å². The Balaban J connectivity index is 1.22. The molecular weight excluding hydrogens is 642 g/mol. The largest absolute Gasteiger partial charge is 0.490 e. The molecule has 2 unspecified atom stereocenters. The van der Waals surface area contributed by atoms with Crippen molar-refractivity contribution in [2.24, 2.45) is 0 Å². The van der Waals surface area contributed by atoms with Crippen molar-refractivity contribution < 1.29 is 28.6 Å². The molecule has 1 saturated heterocycles. The minimum absolute atomic E-state index is 0.000255. The van der Waals surface area contributed by atoms with Gasteiger partial charge in [-0.1, -0.05) is 48.0 Å². The molecule has 2 heterocycles. The maximum absolute atomic E-state index is 14.7. The first-order valence-electron chi connectivity index (χ1n) is 17.0. The van der Waals surface area contributed by atoms with Crippen LogP contribution in [0, 0.1) is 13.8 Å². The average Bonchev–Trinajstić information content (AvgIpc) is 3.93. The number of hydrogen-bond acceptors (Lipinski definition) is 7. The van der Waals surface area contributed by atoms with E-state index in [1.807, 2.05) is 84.3 Å². The van der Waals surface area contributed by atoms with Gasteiger partial charge in [-0.15, -0.1) is 0 Å². The number of aryl methyl sites for hydroxylation is 2. The van der Waals surface area contributed by atoms with Crippen LogP contribution in [0.3, 0.4) is 0 Å². The van der Waals surface area contributed by atoms with E-state index >= 15 is 0 Å². The lowest BCUT2D eigenvalue weighted by Gasteiger charge is -2.44. The number of carbonyl (C=O) groups excluding carboxylic acids is 3. The first-order valence-corrected chi connectivity index (χ1v) is 17.4. The summed E-state index contributed by atoms with van der Waals surface area (Å²) in [6.07, 6.45) is 3.12. The summed E-state index contributed by atoms with van der Waals surface area (Å²) in [7, 11) is 0. The predicted molar refractivity (Wildman–Crippen MR) is 189 cm³/mol. The Morgan fingerprint density at radius 3 is 2.39 bits per heavy atom. The van der Waals surface area contributed by atoms with Gasteiger partial charge in [0, 0.05) is 50.6 Å². The summed E-state index contributed by atoms with van der Waals surface area (Å²) >= 11 is 6.36. The van der Waals surface area contributed by atoms with E-state index < -0.39 is 0 Å². The summed E-state index contributed by atoms with van der Waals surface area (Å²) < 4.78 is 16.9. The van der Waals surface area contributed by atoms with E-state index in [0.717, 1.165) is 51.8 Å². The van der Waals surface area contributed by atoms with E-state index in [9.17, 15) is 14.4 Å². The van der Waals surface area contributed by atoms with E-state index in [-0.39, 0.29) is 36.5 Å². The Bertz CT molecular complexity index is 1720. The Labute approximate surface area is 293 Å². The van der Waals surface area contributed by atoms with Crippen molar-refractivity contribution in [3.05, 3.63) is 99.1 Å². The van der Waals surface area contributed by atoms with Crippen LogP contribution in [-0.4, -0.2) is 79.1 Å². The molecule has 0 spiro atoms. The molecule has 1 saturated carbocycles. The second-order valence-corrected chi connectivity index (χ2v) is 13.6. The van der Waals surface area contributed by atoms with Crippen molar-refractivity contribution in [2.75, 3.05) is 32.9 Å². The number of halogens is 1. The van der Waals surface area contributed by atoms with Crippen molar-refractivity contribution in [1.82, 2.24) is 15.1 Å². The summed E-state index contributed by atoms with van der Waals surface area (Å²) in [5, 5.41) is 4.25. The van der Waals surface area contributed by atoms with Gasteiger partial charge in [0.1, 0.15) is 24.7 Å². The van der Waals surface area contributed by atoms with Crippen LogP contribution in [-0.2, 0) is 32.1 Å². The molecule has 0 aromatic heterocycles. The molecule has 2 amide bonds. The number of nitrogens with zero attached hydrogens (tertiary/aromatic N) is 2. The van der Waals surface area contributed by atoms with Gasteiger partial charge in [-0.05, 0) is 90.8 Å². The molecule has 9 nitrogen and oxygen atoms in total. The Morgan fingerprint density at radius 1 is 0.959 bits per heavy atom. The zero-order valence-electron chi connectivity index (χ0n) is 28.4. The summed E-state index contributed by atoms with van der Waals surface area (Å²) in [4.78, 5) is 41.8. The molecule has 6 rings (SSSR count). The van der Waals surface area contributed by atoms with Gasteiger partial charge in [-0.2, -0.15) is 0 Å². The molecule has 3 aliphatic rings. The lowest BCUT2D eigenvalue weighted by molar-refractivity contribution is -0.132. The van der Waals surface area contributed by atoms with E-state index in [1.165, 1.54) is 0 Å². The predicted octanol–water partition coefficient (Wildman–Crippen LogP) is 5.67. The van der Waals surface area contributed by atoms with Crippen LogP contribution in [0.4, 0.5) is 0 Å². The van der Waals surface area contributed by atoms with Crippen LogP contribution < -0.4 is 14.8 Å². The van der Waals surface area contributed by atoms with Crippen molar-refractivity contribution >= 4 is 35.5 Å². The molecule has 258 valence electrons. The van der Waals surface area contributed by atoms with Crippen LogP contribution in [0.2, 0.25) is 5.02 Å². The van der Waals surface area contributed by atoms with E-state index in [1.54, 1.807) is 6.92 Å². The van der Waals surface area contributed by atoms with Gasteiger partial charge in [-0.3, -0.25) is 14.4 Å². The molecule has 1 N–H and O–H groups in total. The molecule has 49 heavy (non-hydrogen) atoms. The zero-order valence-corrected chi connectivity index (χ0v) is 29.1. The van der Waals surface area contributed by atoms with Crippen molar-refractivity contribution in [3.8, 4) is 11.5 Å².